The number of carbonyl (C=O) groups is 3. The highest BCUT2D eigenvalue weighted by Gasteiger charge is 2.33. The minimum atomic E-state index is -4.63. The number of fused-ring (bicyclic) bond motifs is 1. The van der Waals surface area contributed by atoms with E-state index in [2.05, 4.69) is 5.32 Å². The maximum absolute atomic E-state index is 13.9. The van der Waals surface area contributed by atoms with Crippen molar-refractivity contribution in [2.24, 2.45) is 0 Å². The Kier molecular flexibility index (Phi) is 7.68. The molecule has 0 unspecified atom stereocenters. The third-order valence-electron chi connectivity index (χ3n) is 5.76. The summed E-state index contributed by atoms with van der Waals surface area (Å²) in [5.74, 6) is -1.89. The van der Waals surface area contributed by atoms with Crippen molar-refractivity contribution in [2.75, 3.05) is 16.2 Å². The number of nitro groups is 1. The Morgan fingerprint density at radius 2 is 1.75 bits per heavy atom. The normalized spacial score (nSPS) is 11.2. The number of aryl methyl sites for hydroxylation is 1. The fraction of sp³-hybridized carbons (Fsp3) is 0.148. The molecule has 0 aliphatic rings. The summed E-state index contributed by atoms with van der Waals surface area (Å²) in [5, 5.41) is 14.1. The second-order valence-electron chi connectivity index (χ2n) is 8.52. The van der Waals surface area contributed by atoms with E-state index in [0.29, 0.717) is 9.99 Å². The maximum Gasteiger partial charge on any atom is 0.342 e. The van der Waals surface area contributed by atoms with Crippen LogP contribution in [0.15, 0.2) is 76.0 Å². The van der Waals surface area contributed by atoms with Gasteiger partial charge in [0, 0.05) is 35.7 Å². The fourth-order valence-electron chi connectivity index (χ4n) is 4.05. The van der Waals surface area contributed by atoms with Crippen LogP contribution in [0.5, 0.6) is 0 Å². The molecule has 3 aromatic carbocycles. The van der Waals surface area contributed by atoms with Gasteiger partial charge < -0.3 is 14.5 Å². The van der Waals surface area contributed by atoms with Crippen LogP contribution in [0.4, 0.5) is 17.1 Å². The number of amides is 2. The van der Waals surface area contributed by atoms with E-state index < -0.39 is 32.5 Å². The second kappa shape index (κ2) is 11.0. The van der Waals surface area contributed by atoms with E-state index in [9.17, 15) is 32.9 Å². The molecule has 4 aromatic rings. The van der Waals surface area contributed by atoms with Crippen molar-refractivity contribution >= 4 is 55.8 Å². The van der Waals surface area contributed by atoms with Crippen molar-refractivity contribution in [1.29, 1.82) is 0 Å². The van der Waals surface area contributed by atoms with Crippen molar-refractivity contribution in [3.05, 3.63) is 93.7 Å². The Morgan fingerprint density at radius 3 is 2.38 bits per heavy atom. The molecule has 40 heavy (non-hydrogen) atoms. The monoisotopic (exact) mass is 565 g/mol. The highest BCUT2D eigenvalue weighted by molar-refractivity contribution is 7.93. The number of hydrogen-bond donors (Lipinski definition) is 1. The van der Waals surface area contributed by atoms with E-state index in [1.165, 1.54) is 67.6 Å². The molecule has 0 spiro atoms. The van der Waals surface area contributed by atoms with Gasteiger partial charge in [-0.25, -0.2) is 13.2 Å². The number of non-ortho nitro benzene ring substituents is 1. The summed E-state index contributed by atoms with van der Waals surface area (Å²) in [7, 11) is -4.63. The zero-order valence-electron chi connectivity index (χ0n) is 21.5. The first-order valence-corrected chi connectivity index (χ1v) is 13.3. The van der Waals surface area contributed by atoms with Crippen molar-refractivity contribution in [3.63, 3.8) is 0 Å². The molecule has 0 saturated heterocycles. The molecule has 0 fully saturated rings. The molecule has 0 bridgehead atoms. The topological polar surface area (TPSA) is 166 Å². The van der Waals surface area contributed by atoms with Gasteiger partial charge in [-0.2, -0.15) is 4.31 Å². The fourth-order valence-corrected chi connectivity index (χ4v) is 5.45. The average molecular weight is 566 g/mol. The van der Waals surface area contributed by atoms with Gasteiger partial charge in [-0.1, -0.05) is 6.07 Å². The van der Waals surface area contributed by atoms with Gasteiger partial charge in [0.2, 0.25) is 5.91 Å². The first-order valence-electron chi connectivity index (χ1n) is 11.9. The molecular weight excluding hydrogens is 542 g/mol. The summed E-state index contributed by atoms with van der Waals surface area (Å²) in [5.41, 5.74) is -0.170. The number of nitrogens with zero attached hydrogens (tertiary/aromatic N) is 2. The standard InChI is InChI=1S/C27H23N3O9S/c1-4-38-27(33)25-16(2)39-24-13-10-20(15-23(24)25)29(26(32)18-6-5-7-21(14-18)30(34)35)40(36,37)22-11-8-19(9-12-22)28-17(3)31/h5-15H,4H2,1-3H3,(H,28,31). The van der Waals surface area contributed by atoms with E-state index in [4.69, 9.17) is 9.15 Å². The molecule has 0 atom stereocenters. The zero-order chi connectivity index (χ0) is 29.2. The van der Waals surface area contributed by atoms with Gasteiger partial charge >= 0.3 is 5.97 Å². The molecule has 1 N–H and O–H groups in total. The summed E-state index contributed by atoms with van der Waals surface area (Å²) >= 11 is 0. The lowest BCUT2D eigenvalue weighted by molar-refractivity contribution is -0.384. The van der Waals surface area contributed by atoms with E-state index in [-0.39, 0.29) is 51.0 Å². The Bertz CT molecular complexity index is 1760. The molecule has 206 valence electrons. The Morgan fingerprint density at radius 1 is 1.05 bits per heavy atom. The van der Waals surface area contributed by atoms with Crippen molar-refractivity contribution in [3.8, 4) is 0 Å². The molecule has 0 aliphatic heterocycles. The van der Waals surface area contributed by atoms with Crippen molar-refractivity contribution in [2.45, 2.75) is 25.7 Å². The van der Waals surface area contributed by atoms with Gasteiger partial charge in [-0.15, -0.1) is 0 Å². The van der Waals surface area contributed by atoms with Gasteiger partial charge in [-0.3, -0.25) is 19.7 Å². The number of sulfonamides is 1. The van der Waals surface area contributed by atoms with Gasteiger partial charge in [0.25, 0.3) is 21.6 Å². The molecule has 12 nitrogen and oxygen atoms in total. The average Bonchev–Trinajstić information content (AvgIpc) is 3.23. The third kappa shape index (κ3) is 5.40. The lowest BCUT2D eigenvalue weighted by atomic mass is 10.1. The molecule has 13 heteroatoms. The van der Waals surface area contributed by atoms with Crippen LogP contribution in [0, 0.1) is 17.0 Å². The molecule has 0 aliphatic carbocycles. The Hall–Kier alpha value is -5.04. The van der Waals surface area contributed by atoms with Crippen molar-refractivity contribution < 1.29 is 36.9 Å². The highest BCUT2D eigenvalue weighted by Crippen LogP contribution is 2.34. The van der Waals surface area contributed by atoms with Gasteiger partial charge in [0.05, 0.1) is 22.1 Å². The predicted molar refractivity (Wildman–Crippen MR) is 145 cm³/mol. The van der Waals surface area contributed by atoms with Crippen LogP contribution >= 0.6 is 0 Å². The van der Waals surface area contributed by atoms with Crippen LogP contribution in [-0.4, -0.2) is 37.7 Å². The molecule has 1 aromatic heterocycles. The molecule has 0 saturated carbocycles. The number of esters is 1. The summed E-state index contributed by atoms with van der Waals surface area (Å²) in [6, 6.07) is 13.8. The smallest absolute Gasteiger partial charge is 0.342 e. The quantitative estimate of drug-likeness (QED) is 0.179. The zero-order valence-corrected chi connectivity index (χ0v) is 22.4. The number of nitrogens with one attached hydrogen (secondary N) is 1. The SMILES string of the molecule is CCOC(=O)c1c(C)oc2ccc(N(C(=O)c3cccc([N+](=O)[O-])c3)S(=O)(=O)c3ccc(NC(C)=O)cc3)cc12. The molecule has 2 amide bonds. The number of anilines is 2. The number of rotatable bonds is 8. The second-order valence-corrected chi connectivity index (χ2v) is 10.3. The number of nitro benzene ring substituents is 1. The first kappa shape index (κ1) is 28.0. The summed E-state index contributed by atoms with van der Waals surface area (Å²) in [6.45, 7) is 4.56. The molecule has 0 radical (unpaired) electrons. The molecular formula is C27H23N3O9S. The number of hydrogen-bond acceptors (Lipinski definition) is 9. The lowest BCUT2D eigenvalue weighted by Gasteiger charge is -2.23. The van der Waals surface area contributed by atoms with Crippen molar-refractivity contribution in [1.82, 2.24) is 0 Å². The van der Waals surface area contributed by atoms with Gasteiger partial charge in [-0.05, 0) is 62.4 Å². The van der Waals surface area contributed by atoms with Crippen LogP contribution in [-0.2, 0) is 19.6 Å². The number of ether oxygens (including phenoxy) is 1. The van der Waals surface area contributed by atoms with Crippen LogP contribution in [0.1, 0.15) is 40.3 Å². The Balaban J connectivity index is 1.91. The van der Waals surface area contributed by atoms with Crippen LogP contribution < -0.4 is 9.62 Å². The van der Waals surface area contributed by atoms with E-state index in [1.54, 1.807) is 13.8 Å². The largest absolute Gasteiger partial charge is 0.462 e. The third-order valence-corrected chi connectivity index (χ3v) is 7.49. The van der Waals surface area contributed by atoms with Gasteiger partial charge in [0.15, 0.2) is 0 Å². The number of carbonyl (C=O) groups excluding carboxylic acids is 3. The summed E-state index contributed by atoms with van der Waals surface area (Å²) < 4.78 is 39.1. The Labute approximate surface area is 228 Å². The van der Waals surface area contributed by atoms with Crippen LogP contribution in [0.25, 0.3) is 11.0 Å². The van der Waals surface area contributed by atoms with Crippen LogP contribution in [0.2, 0.25) is 0 Å². The van der Waals surface area contributed by atoms with E-state index in [0.717, 1.165) is 6.07 Å². The minimum absolute atomic E-state index is 0.0681. The highest BCUT2D eigenvalue weighted by atomic mass is 32.2. The van der Waals surface area contributed by atoms with Gasteiger partial charge in [0.1, 0.15) is 16.9 Å². The number of benzene rings is 3. The first-order chi connectivity index (χ1) is 18.9. The summed E-state index contributed by atoms with van der Waals surface area (Å²) in [6.07, 6.45) is 0. The minimum Gasteiger partial charge on any atom is -0.462 e. The maximum atomic E-state index is 13.9. The van der Waals surface area contributed by atoms with E-state index in [1.807, 2.05) is 0 Å². The summed E-state index contributed by atoms with van der Waals surface area (Å²) in [4.78, 5) is 48.1. The predicted octanol–water partition coefficient (Wildman–Crippen LogP) is 4.82. The lowest BCUT2D eigenvalue weighted by Crippen LogP contribution is -2.37. The molecule has 4 rings (SSSR count). The van der Waals surface area contributed by atoms with Crippen LogP contribution in [0.3, 0.4) is 0 Å². The number of furan rings is 1. The molecule has 1 heterocycles. The van der Waals surface area contributed by atoms with E-state index >= 15 is 0 Å².